The summed E-state index contributed by atoms with van der Waals surface area (Å²) in [4.78, 5) is 2.64. The molecule has 1 rings (SSSR count). The van der Waals surface area contributed by atoms with Crippen LogP contribution < -0.4 is 0 Å². The fourth-order valence-corrected chi connectivity index (χ4v) is 3.00. The molecular weight excluding hydrogens is 206 g/mol. The molecule has 1 atom stereocenters. The molecule has 0 amide bonds. The quantitative estimate of drug-likeness (QED) is 0.601. The van der Waals surface area contributed by atoms with Gasteiger partial charge in [0.15, 0.2) is 0 Å². The number of hydrogen-bond acceptors (Lipinski definition) is 1. The molecule has 0 aromatic carbocycles. The zero-order valence-corrected chi connectivity index (χ0v) is 11.1. The minimum Gasteiger partial charge on any atom is -0.299 e. The summed E-state index contributed by atoms with van der Waals surface area (Å²) < 4.78 is 0. The maximum absolute atomic E-state index is 5.89. The van der Waals surface area contributed by atoms with Gasteiger partial charge in [-0.05, 0) is 25.2 Å². The number of halogens is 1. The van der Waals surface area contributed by atoms with Gasteiger partial charge in [0, 0.05) is 25.0 Å². The van der Waals surface area contributed by atoms with E-state index in [1.54, 1.807) is 0 Å². The first-order valence-electron chi connectivity index (χ1n) is 6.58. The van der Waals surface area contributed by atoms with E-state index >= 15 is 0 Å². The molecule has 2 heteroatoms. The van der Waals surface area contributed by atoms with Crippen LogP contribution in [-0.4, -0.2) is 29.9 Å². The van der Waals surface area contributed by atoms with Crippen LogP contribution >= 0.6 is 11.6 Å². The summed E-state index contributed by atoms with van der Waals surface area (Å²) in [6, 6.07) is 0.836. The molecule has 15 heavy (non-hydrogen) atoms. The average Bonchev–Trinajstić information content (AvgIpc) is 2.70. The van der Waals surface area contributed by atoms with E-state index in [-0.39, 0.29) is 0 Å². The van der Waals surface area contributed by atoms with Crippen molar-refractivity contribution in [2.24, 2.45) is 5.92 Å². The number of nitrogens with zero attached hydrogens (tertiary/aromatic N) is 1. The van der Waals surface area contributed by atoms with Gasteiger partial charge in [-0.2, -0.15) is 0 Å². The highest BCUT2D eigenvalue weighted by atomic mass is 35.5. The zero-order chi connectivity index (χ0) is 11.1. The predicted octanol–water partition coefficient (Wildman–Crippen LogP) is 3.91. The Labute approximate surface area is 100 Å². The third kappa shape index (κ3) is 4.74. The molecule has 90 valence electrons. The van der Waals surface area contributed by atoms with Crippen LogP contribution in [0.2, 0.25) is 0 Å². The smallest absolute Gasteiger partial charge is 0.0351 e. The molecule has 0 heterocycles. The second-order valence-corrected chi connectivity index (χ2v) is 5.39. The van der Waals surface area contributed by atoms with Crippen LogP contribution in [-0.2, 0) is 0 Å². The standard InChI is InChI=1S/C13H26ClN/c1-3-6-12(2)11-15(10-9-14)13-7-4-5-8-13/h12-13H,3-11H2,1-2H3. The molecule has 1 fully saturated rings. The molecule has 0 aromatic rings. The molecule has 1 aliphatic rings. The van der Waals surface area contributed by atoms with E-state index < -0.39 is 0 Å². The Kier molecular flexibility index (Phi) is 6.67. The summed E-state index contributed by atoms with van der Waals surface area (Å²) in [6.07, 6.45) is 8.30. The lowest BCUT2D eigenvalue weighted by molar-refractivity contribution is 0.179. The van der Waals surface area contributed by atoms with Crippen LogP contribution in [0.4, 0.5) is 0 Å². The second kappa shape index (κ2) is 7.51. The summed E-state index contributed by atoms with van der Waals surface area (Å²) in [5.74, 6) is 1.62. The first-order chi connectivity index (χ1) is 7.27. The Morgan fingerprint density at radius 1 is 1.33 bits per heavy atom. The number of hydrogen-bond donors (Lipinski definition) is 0. The van der Waals surface area contributed by atoms with Crippen LogP contribution in [0.25, 0.3) is 0 Å². The lowest BCUT2D eigenvalue weighted by Crippen LogP contribution is -2.38. The molecule has 0 N–H and O–H groups in total. The van der Waals surface area contributed by atoms with Gasteiger partial charge in [0.1, 0.15) is 0 Å². The van der Waals surface area contributed by atoms with Crippen molar-refractivity contribution in [3.8, 4) is 0 Å². The molecule has 0 spiro atoms. The molecule has 0 aromatic heterocycles. The van der Waals surface area contributed by atoms with Gasteiger partial charge < -0.3 is 0 Å². The van der Waals surface area contributed by atoms with Crippen molar-refractivity contribution in [2.45, 2.75) is 58.4 Å². The van der Waals surface area contributed by atoms with E-state index in [1.807, 2.05) is 0 Å². The molecule has 1 unspecified atom stereocenters. The van der Waals surface area contributed by atoms with Crippen molar-refractivity contribution in [1.82, 2.24) is 4.90 Å². The Hall–Kier alpha value is 0.250. The molecular formula is C13H26ClN. The van der Waals surface area contributed by atoms with Crippen LogP contribution in [0.3, 0.4) is 0 Å². The third-order valence-electron chi connectivity index (χ3n) is 3.54. The van der Waals surface area contributed by atoms with Gasteiger partial charge in [0.05, 0.1) is 0 Å². The van der Waals surface area contributed by atoms with Gasteiger partial charge in [-0.15, -0.1) is 11.6 Å². The zero-order valence-electron chi connectivity index (χ0n) is 10.3. The highest BCUT2D eigenvalue weighted by molar-refractivity contribution is 6.18. The molecule has 0 aliphatic heterocycles. The summed E-state index contributed by atoms with van der Waals surface area (Å²) in [7, 11) is 0. The van der Waals surface area contributed by atoms with E-state index in [9.17, 15) is 0 Å². The van der Waals surface area contributed by atoms with Crippen molar-refractivity contribution in [3.63, 3.8) is 0 Å². The average molecular weight is 232 g/mol. The van der Waals surface area contributed by atoms with Gasteiger partial charge >= 0.3 is 0 Å². The lowest BCUT2D eigenvalue weighted by Gasteiger charge is -2.30. The molecule has 0 radical (unpaired) electrons. The minimum absolute atomic E-state index is 0.787. The van der Waals surface area contributed by atoms with E-state index in [2.05, 4.69) is 18.7 Å². The SMILES string of the molecule is CCCC(C)CN(CCCl)C1CCCC1. The van der Waals surface area contributed by atoms with Crippen molar-refractivity contribution < 1.29 is 0 Å². The van der Waals surface area contributed by atoms with Crippen molar-refractivity contribution in [3.05, 3.63) is 0 Å². The van der Waals surface area contributed by atoms with Gasteiger partial charge in [-0.25, -0.2) is 0 Å². The molecule has 1 nitrogen and oxygen atoms in total. The van der Waals surface area contributed by atoms with E-state index in [1.165, 1.54) is 45.1 Å². The van der Waals surface area contributed by atoms with Crippen LogP contribution in [0, 0.1) is 5.92 Å². The molecule has 1 aliphatic carbocycles. The van der Waals surface area contributed by atoms with Crippen LogP contribution in [0.5, 0.6) is 0 Å². The van der Waals surface area contributed by atoms with Crippen LogP contribution in [0.1, 0.15) is 52.4 Å². The van der Waals surface area contributed by atoms with Crippen LogP contribution in [0.15, 0.2) is 0 Å². The van der Waals surface area contributed by atoms with Gasteiger partial charge in [0.2, 0.25) is 0 Å². The monoisotopic (exact) mass is 231 g/mol. The molecule has 1 saturated carbocycles. The largest absolute Gasteiger partial charge is 0.299 e. The Bertz CT molecular complexity index is 155. The van der Waals surface area contributed by atoms with Crippen molar-refractivity contribution in [2.75, 3.05) is 19.0 Å². The Morgan fingerprint density at radius 2 is 2.00 bits per heavy atom. The minimum atomic E-state index is 0.787. The highest BCUT2D eigenvalue weighted by Gasteiger charge is 2.22. The number of alkyl halides is 1. The maximum atomic E-state index is 5.89. The Morgan fingerprint density at radius 3 is 2.53 bits per heavy atom. The van der Waals surface area contributed by atoms with Crippen molar-refractivity contribution in [1.29, 1.82) is 0 Å². The maximum Gasteiger partial charge on any atom is 0.0351 e. The fraction of sp³-hybridized carbons (Fsp3) is 1.00. The summed E-state index contributed by atoms with van der Waals surface area (Å²) in [5, 5.41) is 0. The first kappa shape index (κ1) is 13.3. The van der Waals surface area contributed by atoms with Gasteiger partial charge in [-0.1, -0.05) is 33.1 Å². The molecule has 0 bridgehead atoms. The second-order valence-electron chi connectivity index (χ2n) is 5.02. The van der Waals surface area contributed by atoms with Crippen molar-refractivity contribution >= 4 is 11.6 Å². The highest BCUT2D eigenvalue weighted by Crippen LogP contribution is 2.24. The summed E-state index contributed by atoms with van der Waals surface area (Å²) in [5.41, 5.74) is 0. The normalized spacial score (nSPS) is 20.0. The predicted molar refractivity (Wildman–Crippen MR) is 68.6 cm³/mol. The van der Waals surface area contributed by atoms with Gasteiger partial charge in [0.25, 0.3) is 0 Å². The molecule has 0 saturated heterocycles. The third-order valence-corrected chi connectivity index (χ3v) is 3.71. The lowest BCUT2D eigenvalue weighted by atomic mass is 10.0. The topological polar surface area (TPSA) is 3.24 Å². The van der Waals surface area contributed by atoms with E-state index in [4.69, 9.17) is 11.6 Å². The fourth-order valence-electron chi connectivity index (χ4n) is 2.79. The van der Waals surface area contributed by atoms with E-state index in [0.29, 0.717) is 0 Å². The number of rotatable bonds is 7. The van der Waals surface area contributed by atoms with Gasteiger partial charge in [-0.3, -0.25) is 4.90 Å². The summed E-state index contributed by atoms with van der Waals surface area (Å²) >= 11 is 5.89. The Balaban J connectivity index is 2.34. The first-order valence-corrected chi connectivity index (χ1v) is 7.11. The van der Waals surface area contributed by atoms with E-state index in [0.717, 1.165) is 24.4 Å². The summed E-state index contributed by atoms with van der Waals surface area (Å²) in [6.45, 7) is 6.99.